The summed E-state index contributed by atoms with van der Waals surface area (Å²) in [4.78, 5) is 12.6. The third kappa shape index (κ3) is 7.81. The Kier molecular flexibility index (Phi) is 10.9. The Balaban J connectivity index is 2.47. The van der Waals surface area contributed by atoms with Gasteiger partial charge in [0.05, 0.1) is 24.6 Å². The van der Waals surface area contributed by atoms with Gasteiger partial charge in [-0.1, -0.05) is 85.7 Å². The summed E-state index contributed by atoms with van der Waals surface area (Å²) < 4.78 is 25.1. The van der Waals surface area contributed by atoms with E-state index >= 15 is 0 Å². The van der Waals surface area contributed by atoms with Crippen LogP contribution in [0.4, 0.5) is 0 Å². The maximum atomic E-state index is 12.6. The Bertz CT molecular complexity index is 1260. The molecular formula is C39H66O5. The molecule has 0 spiro atoms. The lowest BCUT2D eigenvalue weighted by Crippen LogP contribution is -2.53. The van der Waals surface area contributed by atoms with Gasteiger partial charge in [0.1, 0.15) is 5.60 Å². The molecule has 252 valence electrons. The average Bonchev–Trinajstić information content (AvgIpc) is 2.96. The Morgan fingerprint density at radius 3 is 2.16 bits per heavy atom. The second-order valence-electron chi connectivity index (χ2n) is 16.4. The Hall–Kier alpha value is -1.69. The summed E-state index contributed by atoms with van der Waals surface area (Å²) in [6, 6.07) is 6.20. The zero-order valence-electron chi connectivity index (χ0n) is 32.6. The van der Waals surface area contributed by atoms with E-state index in [-0.39, 0.29) is 30.1 Å². The van der Waals surface area contributed by atoms with Crippen LogP contribution in [0.3, 0.4) is 0 Å². The number of aryl methyl sites for hydroxylation is 1. The third-order valence-electron chi connectivity index (χ3n) is 11.3. The highest BCUT2D eigenvalue weighted by molar-refractivity contribution is 5.72. The maximum Gasteiger partial charge on any atom is 0.309 e. The molecule has 0 aromatic heterocycles. The molecule has 5 heteroatoms. The zero-order valence-corrected chi connectivity index (χ0v) is 30.6. The fourth-order valence-corrected chi connectivity index (χ4v) is 7.35. The normalized spacial score (nSPS) is 34.4. The number of esters is 1. The van der Waals surface area contributed by atoms with Crippen molar-refractivity contribution in [3.05, 3.63) is 47.0 Å². The van der Waals surface area contributed by atoms with E-state index in [2.05, 4.69) is 26.0 Å². The fraction of sp³-hybridized carbons (Fsp3) is 0.769. The molecule has 1 aliphatic carbocycles. The molecule has 0 amide bonds. The van der Waals surface area contributed by atoms with Gasteiger partial charge >= 0.3 is 5.97 Å². The van der Waals surface area contributed by atoms with Crippen LogP contribution in [0.15, 0.2) is 30.4 Å². The van der Waals surface area contributed by atoms with Crippen LogP contribution in [0, 0.1) is 60.2 Å². The van der Waals surface area contributed by atoms with Gasteiger partial charge in [-0.2, -0.15) is 0 Å². The van der Waals surface area contributed by atoms with Crippen molar-refractivity contribution in [2.24, 2.45) is 46.3 Å². The number of benzene rings is 1. The summed E-state index contributed by atoms with van der Waals surface area (Å²) >= 11 is 0. The number of carbonyl (C=O) groups excluding carboxylic acids is 1. The zero-order chi connectivity index (χ0) is 36.1. The number of allylic oxidation sites excluding steroid dienone is 2. The highest BCUT2D eigenvalue weighted by Gasteiger charge is 2.70. The summed E-state index contributed by atoms with van der Waals surface area (Å²) in [6.45, 7) is 28.0. The van der Waals surface area contributed by atoms with Crippen molar-refractivity contribution in [1.82, 2.24) is 0 Å². The van der Waals surface area contributed by atoms with Gasteiger partial charge in [0.25, 0.3) is 0 Å². The van der Waals surface area contributed by atoms with E-state index in [0.717, 1.165) is 0 Å². The van der Waals surface area contributed by atoms with E-state index in [1.54, 1.807) is 27.7 Å². The van der Waals surface area contributed by atoms with E-state index in [9.17, 15) is 22.9 Å². The molecule has 0 saturated heterocycles. The first-order valence-corrected chi connectivity index (χ1v) is 16.7. The lowest BCUT2D eigenvalue weighted by molar-refractivity contribution is -0.159. The van der Waals surface area contributed by atoms with Crippen LogP contribution in [-0.4, -0.2) is 44.2 Å². The van der Waals surface area contributed by atoms with Crippen molar-refractivity contribution in [3.63, 3.8) is 0 Å². The minimum absolute atomic E-state index is 0.00651. The Morgan fingerprint density at radius 2 is 1.61 bits per heavy atom. The van der Waals surface area contributed by atoms with Gasteiger partial charge in [-0.15, -0.1) is 0 Å². The second-order valence-corrected chi connectivity index (χ2v) is 16.4. The molecule has 1 aliphatic rings. The predicted molar refractivity (Wildman–Crippen MR) is 182 cm³/mol. The van der Waals surface area contributed by atoms with Crippen molar-refractivity contribution in [2.45, 2.75) is 146 Å². The van der Waals surface area contributed by atoms with Crippen molar-refractivity contribution < 1.29 is 27.6 Å². The van der Waals surface area contributed by atoms with E-state index in [0.29, 0.717) is 12.8 Å². The standard InChI is InChI=1S/C39H66O5/c1-24(21-26(3)34(41)44-35(8,9)10)19-20-28(5)38(14)32(33(40)36(11,12)39(38,15)43)27(4)23-37(13,42)29(6)22-31-18-16-17-25(2)30(31)7/h16-20,24,26-29,32-33,40,42-43H,21-23H2,1-15H3/b20-19-/t24?,26?,27?,28?,29?,32-,33-,37+,38+,39-/m0/s1/i32D,33D. The molecule has 2 rings (SSSR count). The third-order valence-corrected chi connectivity index (χ3v) is 11.3. The molecule has 1 saturated carbocycles. The van der Waals surface area contributed by atoms with Crippen LogP contribution < -0.4 is 0 Å². The molecule has 3 N–H and O–H groups in total. The number of hydrogen-bond acceptors (Lipinski definition) is 5. The topological polar surface area (TPSA) is 87.0 Å². The van der Waals surface area contributed by atoms with Crippen LogP contribution >= 0.6 is 0 Å². The summed E-state index contributed by atoms with van der Waals surface area (Å²) in [6.07, 6.45) is 3.03. The summed E-state index contributed by atoms with van der Waals surface area (Å²) in [5.74, 6) is -3.67. The predicted octanol–water partition coefficient (Wildman–Crippen LogP) is 8.23. The highest BCUT2D eigenvalue weighted by atomic mass is 16.6. The number of rotatable bonds is 12. The Morgan fingerprint density at radius 1 is 1.05 bits per heavy atom. The molecule has 1 aromatic rings. The van der Waals surface area contributed by atoms with Crippen LogP contribution in [0.1, 0.15) is 122 Å². The molecular weight excluding hydrogens is 548 g/mol. The summed E-state index contributed by atoms with van der Waals surface area (Å²) in [7, 11) is 0. The van der Waals surface area contributed by atoms with E-state index < -0.39 is 51.4 Å². The van der Waals surface area contributed by atoms with Gasteiger partial charge in [-0.3, -0.25) is 4.79 Å². The number of aliphatic hydroxyl groups is 3. The van der Waals surface area contributed by atoms with Crippen molar-refractivity contribution in [1.29, 1.82) is 0 Å². The van der Waals surface area contributed by atoms with Crippen molar-refractivity contribution in [3.8, 4) is 0 Å². The van der Waals surface area contributed by atoms with Gasteiger partial charge < -0.3 is 20.1 Å². The van der Waals surface area contributed by atoms with E-state index in [1.807, 2.05) is 80.5 Å². The smallest absolute Gasteiger partial charge is 0.309 e. The molecule has 1 aromatic carbocycles. The minimum Gasteiger partial charge on any atom is -0.460 e. The van der Waals surface area contributed by atoms with Gasteiger partial charge in [0, 0.05) is 12.2 Å². The lowest BCUT2D eigenvalue weighted by atomic mass is 9.58. The Labute approximate surface area is 272 Å². The van der Waals surface area contributed by atoms with Crippen LogP contribution in [0.2, 0.25) is 0 Å². The number of carbonyl (C=O) groups is 1. The largest absolute Gasteiger partial charge is 0.460 e. The van der Waals surface area contributed by atoms with E-state index in [4.69, 9.17) is 4.74 Å². The maximum absolute atomic E-state index is 12.6. The van der Waals surface area contributed by atoms with Gasteiger partial charge in [-0.25, -0.2) is 0 Å². The summed E-state index contributed by atoms with van der Waals surface area (Å²) in [5, 5.41) is 36.3. The molecule has 5 nitrogen and oxygen atoms in total. The molecule has 0 aliphatic heterocycles. The summed E-state index contributed by atoms with van der Waals surface area (Å²) in [5.41, 5.74) is -2.49. The van der Waals surface area contributed by atoms with Crippen LogP contribution in [0.5, 0.6) is 0 Å². The SMILES string of the molecule is [2H][C@@]1(C(C)C[C@@](C)(O)C(C)Cc2cccc(C)c2C)[C@@](C)(C(C)/C=C\C(C)CC(C)C(=O)OC(C)(C)C)[C@@](C)(O)C(C)(C)[C@@]1([2H])O. The minimum atomic E-state index is -2.34. The van der Waals surface area contributed by atoms with Crippen molar-refractivity contribution in [2.75, 3.05) is 0 Å². The second kappa shape index (κ2) is 13.6. The molecule has 0 bridgehead atoms. The first-order valence-electron chi connectivity index (χ1n) is 17.7. The van der Waals surface area contributed by atoms with Gasteiger partial charge in [0.15, 0.2) is 0 Å². The first kappa shape index (κ1) is 35.2. The average molecular weight is 617 g/mol. The van der Waals surface area contributed by atoms with Crippen molar-refractivity contribution >= 4 is 5.97 Å². The molecule has 0 radical (unpaired) electrons. The lowest BCUT2D eigenvalue weighted by Gasteiger charge is -2.50. The van der Waals surface area contributed by atoms with E-state index in [1.165, 1.54) is 16.7 Å². The number of ether oxygens (including phenoxy) is 1. The highest BCUT2D eigenvalue weighted by Crippen LogP contribution is 2.65. The van der Waals surface area contributed by atoms with Crippen LogP contribution in [0.25, 0.3) is 0 Å². The van der Waals surface area contributed by atoms with Gasteiger partial charge in [-0.05, 0) is 114 Å². The van der Waals surface area contributed by atoms with Crippen LogP contribution in [-0.2, 0) is 16.0 Å². The first-order chi connectivity index (χ1) is 20.5. The monoisotopic (exact) mass is 617 g/mol. The quantitative estimate of drug-likeness (QED) is 0.163. The molecule has 44 heavy (non-hydrogen) atoms. The molecule has 5 unspecified atom stereocenters. The number of hydrogen-bond donors (Lipinski definition) is 3. The molecule has 1 fully saturated rings. The molecule has 10 atom stereocenters. The fourth-order valence-electron chi connectivity index (χ4n) is 7.35. The molecule has 0 heterocycles. The van der Waals surface area contributed by atoms with Gasteiger partial charge in [0.2, 0.25) is 0 Å².